The average molecular weight is 247 g/mol. The van der Waals surface area contributed by atoms with E-state index in [1.54, 1.807) is 12.1 Å². The SMILES string of the molecule is CCc1ccc(C(N)Cc2cc(F)ccc2C)o1. The molecule has 0 bridgehead atoms. The number of aryl methyl sites for hydroxylation is 2. The molecule has 1 unspecified atom stereocenters. The molecule has 2 nitrogen and oxygen atoms in total. The summed E-state index contributed by atoms with van der Waals surface area (Å²) in [6, 6.07) is 8.39. The number of rotatable bonds is 4. The predicted molar refractivity (Wildman–Crippen MR) is 69.9 cm³/mol. The summed E-state index contributed by atoms with van der Waals surface area (Å²) >= 11 is 0. The van der Waals surface area contributed by atoms with Gasteiger partial charge in [-0.1, -0.05) is 13.0 Å². The monoisotopic (exact) mass is 247 g/mol. The normalized spacial score (nSPS) is 12.7. The summed E-state index contributed by atoms with van der Waals surface area (Å²) in [5, 5.41) is 0. The minimum atomic E-state index is -0.231. The van der Waals surface area contributed by atoms with Crippen LogP contribution in [0.3, 0.4) is 0 Å². The lowest BCUT2D eigenvalue weighted by molar-refractivity contribution is 0.434. The number of halogens is 1. The van der Waals surface area contributed by atoms with Gasteiger partial charge in [-0.2, -0.15) is 0 Å². The van der Waals surface area contributed by atoms with Crippen LogP contribution in [-0.4, -0.2) is 0 Å². The summed E-state index contributed by atoms with van der Waals surface area (Å²) < 4.78 is 18.8. The van der Waals surface area contributed by atoms with Gasteiger partial charge < -0.3 is 10.2 Å². The van der Waals surface area contributed by atoms with Crippen molar-refractivity contribution >= 4 is 0 Å². The Balaban J connectivity index is 2.15. The highest BCUT2D eigenvalue weighted by Gasteiger charge is 2.13. The Morgan fingerprint density at radius 3 is 2.72 bits per heavy atom. The maximum absolute atomic E-state index is 13.2. The van der Waals surface area contributed by atoms with Crippen LogP contribution in [0.2, 0.25) is 0 Å². The smallest absolute Gasteiger partial charge is 0.123 e. The third-order valence-electron chi connectivity index (χ3n) is 3.15. The first kappa shape index (κ1) is 12.8. The quantitative estimate of drug-likeness (QED) is 0.897. The zero-order valence-electron chi connectivity index (χ0n) is 10.7. The van der Waals surface area contributed by atoms with Crippen LogP contribution in [0.5, 0.6) is 0 Å². The maximum Gasteiger partial charge on any atom is 0.123 e. The van der Waals surface area contributed by atoms with Crippen molar-refractivity contribution in [2.45, 2.75) is 32.7 Å². The molecule has 0 saturated heterocycles. The minimum Gasteiger partial charge on any atom is -0.464 e. The van der Waals surface area contributed by atoms with Crippen LogP contribution in [0.25, 0.3) is 0 Å². The molecule has 1 aromatic carbocycles. The number of benzene rings is 1. The summed E-state index contributed by atoms with van der Waals surface area (Å²) in [6.45, 7) is 3.99. The molecule has 0 amide bonds. The van der Waals surface area contributed by atoms with Gasteiger partial charge in [0.2, 0.25) is 0 Å². The van der Waals surface area contributed by atoms with E-state index >= 15 is 0 Å². The lowest BCUT2D eigenvalue weighted by Crippen LogP contribution is -2.13. The highest BCUT2D eigenvalue weighted by Crippen LogP contribution is 2.21. The van der Waals surface area contributed by atoms with Crippen molar-refractivity contribution < 1.29 is 8.81 Å². The van der Waals surface area contributed by atoms with E-state index in [9.17, 15) is 4.39 Å². The largest absolute Gasteiger partial charge is 0.464 e. The topological polar surface area (TPSA) is 39.2 Å². The first-order valence-corrected chi connectivity index (χ1v) is 6.19. The maximum atomic E-state index is 13.2. The third kappa shape index (κ3) is 2.79. The van der Waals surface area contributed by atoms with Gasteiger partial charge in [-0.25, -0.2) is 4.39 Å². The first-order chi connectivity index (χ1) is 8.60. The van der Waals surface area contributed by atoms with E-state index < -0.39 is 0 Å². The lowest BCUT2D eigenvalue weighted by atomic mass is 10.0. The molecule has 0 aliphatic rings. The van der Waals surface area contributed by atoms with Crippen molar-refractivity contribution in [3.63, 3.8) is 0 Å². The van der Waals surface area contributed by atoms with E-state index in [0.29, 0.717) is 6.42 Å². The zero-order valence-corrected chi connectivity index (χ0v) is 10.7. The Kier molecular flexibility index (Phi) is 3.82. The highest BCUT2D eigenvalue weighted by molar-refractivity contribution is 5.28. The van der Waals surface area contributed by atoms with Gasteiger partial charge in [0.15, 0.2) is 0 Å². The molecular weight excluding hydrogens is 229 g/mol. The Bertz CT molecular complexity index is 533. The molecule has 0 spiro atoms. The summed E-state index contributed by atoms with van der Waals surface area (Å²) in [5.74, 6) is 1.46. The van der Waals surface area contributed by atoms with Gasteiger partial charge in [0, 0.05) is 6.42 Å². The Morgan fingerprint density at radius 2 is 2.06 bits per heavy atom. The number of nitrogens with two attached hydrogens (primary N) is 1. The van der Waals surface area contributed by atoms with Gasteiger partial charge in [0.05, 0.1) is 6.04 Å². The molecule has 0 fully saturated rings. The molecule has 0 radical (unpaired) electrons. The van der Waals surface area contributed by atoms with Crippen LogP contribution < -0.4 is 5.73 Å². The van der Waals surface area contributed by atoms with Gasteiger partial charge in [-0.15, -0.1) is 0 Å². The van der Waals surface area contributed by atoms with Gasteiger partial charge in [0.25, 0.3) is 0 Å². The van der Waals surface area contributed by atoms with Crippen LogP contribution in [0, 0.1) is 12.7 Å². The van der Waals surface area contributed by atoms with E-state index in [0.717, 1.165) is 29.1 Å². The number of furan rings is 1. The van der Waals surface area contributed by atoms with E-state index in [1.165, 1.54) is 6.07 Å². The van der Waals surface area contributed by atoms with Crippen molar-refractivity contribution in [2.75, 3.05) is 0 Å². The van der Waals surface area contributed by atoms with Crippen LogP contribution in [0.1, 0.15) is 35.6 Å². The van der Waals surface area contributed by atoms with E-state index in [1.807, 2.05) is 26.0 Å². The molecule has 2 N–H and O–H groups in total. The standard InChI is InChI=1S/C15H18FNO/c1-3-13-6-7-15(18-13)14(17)9-11-8-12(16)5-4-10(11)2/h4-8,14H,3,9,17H2,1-2H3. The molecular formula is C15H18FNO. The second-order valence-electron chi connectivity index (χ2n) is 4.54. The summed E-state index contributed by atoms with van der Waals surface area (Å²) in [5.41, 5.74) is 8.08. The van der Waals surface area contributed by atoms with Crippen molar-refractivity contribution in [3.05, 3.63) is 58.8 Å². The minimum absolute atomic E-state index is 0.225. The second kappa shape index (κ2) is 5.36. The van der Waals surface area contributed by atoms with Crippen LogP contribution >= 0.6 is 0 Å². The fourth-order valence-electron chi connectivity index (χ4n) is 1.98. The first-order valence-electron chi connectivity index (χ1n) is 6.19. The summed E-state index contributed by atoms with van der Waals surface area (Å²) in [7, 11) is 0. The zero-order chi connectivity index (χ0) is 13.1. The van der Waals surface area contributed by atoms with Crippen molar-refractivity contribution in [2.24, 2.45) is 5.73 Å². The fraction of sp³-hybridized carbons (Fsp3) is 0.333. The van der Waals surface area contributed by atoms with Gasteiger partial charge in [-0.05, 0) is 48.7 Å². The highest BCUT2D eigenvalue weighted by atomic mass is 19.1. The Labute approximate surface area is 107 Å². The third-order valence-corrected chi connectivity index (χ3v) is 3.15. The van der Waals surface area contributed by atoms with E-state index in [2.05, 4.69) is 0 Å². The molecule has 1 atom stereocenters. The molecule has 0 aliphatic heterocycles. The molecule has 3 heteroatoms. The Morgan fingerprint density at radius 1 is 1.28 bits per heavy atom. The van der Waals surface area contributed by atoms with E-state index in [-0.39, 0.29) is 11.9 Å². The number of hydrogen-bond donors (Lipinski definition) is 1. The van der Waals surface area contributed by atoms with Crippen LogP contribution in [0.15, 0.2) is 34.7 Å². The average Bonchev–Trinajstić information content (AvgIpc) is 2.82. The van der Waals surface area contributed by atoms with Gasteiger partial charge in [0.1, 0.15) is 17.3 Å². The molecule has 96 valence electrons. The van der Waals surface area contributed by atoms with Crippen molar-refractivity contribution in [3.8, 4) is 0 Å². The van der Waals surface area contributed by atoms with Crippen molar-refractivity contribution in [1.29, 1.82) is 0 Å². The van der Waals surface area contributed by atoms with E-state index in [4.69, 9.17) is 10.2 Å². The summed E-state index contributed by atoms with van der Waals surface area (Å²) in [4.78, 5) is 0. The Hall–Kier alpha value is -1.61. The molecule has 2 aromatic rings. The molecule has 2 rings (SSSR count). The molecule has 1 aromatic heterocycles. The molecule has 18 heavy (non-hydrogen) atoms. The fourth-order valence-corrected chi connectivity index (χ4v) is 1.98. The molecule has 0 aliphatic carbocycles. The second-order valence-corrected chi connectivity index (χ2v) is 4.54. The summed E-state index contributed by atoms with van der Waals surface area (Å²) in [6.07, 6.45) is 1.44. The predicted octanol–water partition coefficient (Wildman–Crippen LogP) is 3.53. The lowest BCUT2D eigenvalue weighted by Gasteiger charge is -2.11. The van der Waals surface area contributed by atoms with Crippen LogP contribution in [-0.2, 0) is 12.8 Å². The van der Waals surface area contributed by atoms with Gasteiger partial charge >= 0.3 is 0 Å². The van der Waals surface area contributed by atoms with Crippen LogP contribution in [0.4, 0.5) is 4.39 Å². The van der Waals surface area contributed by atoms with Gasteiger partial charge in [-0.3, -0.25) is 0 Å². The molecule has 0 saturated carbocycles. The number of hydrogen-bond acceptors (Lipinski definition) is 2. The molecule has 1 heterocycles. The van der Waals surface area contributed by atoms with Crippen molar-refractivity contribution in [1.82, 2.24) is 0 Å².